The van der Waals surface area contributed by atoms with Crippen LogP contribution >= 0.6 is 0 Å². The molecule has 0 atom stereocenters. The fraction of sp³-hybridized carbons (Fsp3) is 0. The van der Waals surface area contributed by atoms with E-state index in [0.29, 0.717) is 0 Å². The minimum absolute atomic E-state index is 0.0916. The molecule has 0 saturated heterocycles. The Labute approximate surface area is 85.1 Å². The number of rotatable bonds is 1. The van der Waals surface area contributed by atoms with Crippen LogP contribution in [0.15, 0.2) is 23.1 Å². The highest BCUT2D eigenvalue weighted by Crippen LogP contribution is 2.24. The van der Waals surface area contributed by atoms with E-state index in [4.69, 9.17) is 5.73 Å². The zero-order valence-corrected chi connectivity index (χ0v) is 8.17. The molecule has 2 rings (SSSR count). The first-order valence-electron chi connectivity index (χ1n) is 3.93. The zero-order chi connectivity index (χ0) is 11.2. The highest BCUT2D eigenvalue weighted by atomic mass is 32.2. The van der Waals surface area contributed by atoms with Gasteiger partial charge in [-0.1, -0.05) is 6.07 Å². The fourth-order valence-corrected chi connectivity index (χ4v) is 2.61. The van der Waals surface area contributed by atoms with E-state index in [9.17, 15) is 18.0 Å². The molecule has 2 amide bonds. The normalized spacial score (nSPS) is 16.9. The van der Waals surface area contributed by atoms with Crippen LogP contribution in [0.5, 0.6) is 0 Å². The summed E-state index contributed by atoms with van der Waals surface area (Å²) in [4.78, 5) is 22.1. The van der Waals surface area contributed by atoms with Crippen LogP contribution in [0.3, 0.4) is 0 Å². The Kier molecular flexibility index (Phi) is 1.80. The summed E-state index contributed by atoms with van der Waals surface area (Å²) in [5.41, 5.74) is 4.76. The molecular formula is C8H6N2O4S. The molecule has 1 heterocycles. The Balaban J connectivity index is 2.85. The number of carbonyl (C=O) groups excluding carboxylic acids is 2. The van der Waals surface area contributed by atoms with Gasteiger partial charge in [0.1, 0.15) is 4.90 Å². The summed E-state index contributed by atoms with van der Waals surface area (Å²) in [6.45, 7) is 0. The second-order valence-electron chi connectivity index (χ2n) is 2.98. The lowest BCUT2D eigenvalue weighted by atomic mass is 10.1. The van der Waals surface area contributed by atoms with Crippen molar-refractivity contribution < 1.29 is 18.0 Å². The molecule has 6 nitrogen and oxygen atoms in total. The van der Waals surface area contributed by atoms with E-state index in [1.165, 1.54) is 18.2 Å². The van der Waals surface area contributed by atoms with Crippen molar-refractivity contribution in [3.8, 4) is 0 Å². The van der Waals surface area contributed by atoms with Gasteiger partial charge in [0.2, 0.25) is 5.91 Å². The average molecular weight is 226 g/mol. The van der Waals surface area contributed by atoms with Crippen LogP contribution in [0.25, 0.3) is 0 Å². The summed E-state index contributed by atoms with van der Waals surface area (Å²) in [6, 6.07) is 3.91. The van der Waals surface area contributed by atoms with Crippen molar-refractivity contribution in [2.75, 3.05) is 0 Å². The van der Waals surface area contributed by atoms with Gasteiger partial charge in [-0.05, 0) is 12.1 Å². The largest absolute Gasteiger partial charge is 0.366 e. The molecule has 0 fully saturated rings. The number of amides is 2. The molecule has 1 aliphatic heterocycles. The third-order valence-corrected chi connectivity index (χ3v) is 3.41. The molecule has 3 N–H and O–H groups in total. The Morgan fingerprint density at radius 3 is 2.60 bits per heavy atom. The Bertz CT molecular complexity index is 576. The minimum Gasteiger partial charge on any atom is -0.366 e. The summed E-state index contributed by atoms with van der Waals surface area (Å²) in [5, 5.41) is 0. The lowest BCUT2D eigenvalue weighted by Crippen LogP contribution is -2.22. The van der Waals surface area contributed by atoms with Crippen molar-refractivity contribution in [1.29, 1.82) is 0 Å². The monoisotopic (exact) mass is 226 g/mol. The first-order valence-corrected chi connectivity index (χ1v) is 5.42. The van der Waals surface area contributed by atoms with Gasteiger partial charge in [-0.3, -0.25) is 9.59 Å². The van der Waals surface area contributed by atoms with Crippen LogP contribution in [0.4, 0.5) is 0 Å². The maximum Gasteiger partial charge on any atom is 0.267 e. The van der Waals surface area contributed by atoms with Crippen LogP contribution < -0.4 is 10.5 Å². The van der Waals surface area contributed by atoms with Crippen molar-refractivity contribution in [2.24, 2.45) is 5.73 Å². The molecule has 0 unspecified atom stereocenters. The zero-order valence-electron chi connectivity index (χ0n) is 7.35. The summed E-state index contributed by atoms with van der Waals surface area (Å²) < 4.78 is 24.5. The molecule has 78 valence electrons. The second-order valence-corrected chi connectivity index (χ2v) is 4.63. The van der Waals surface area contributed by atoms with Gasteiger partial charge in [0.15, 0.2) is 0 Å². The highest BCUT2D eigenvalue weighted by molar-refractivity contribution is 7.90. The van der Waals surface area contributed by atoms with Crippen LogP contribution in [0.2, 0.25) is 0 Å². The predicted molar refractivity (Wildman–Crippen MR) is 49.6 cm³/mol. The van der Waals surface area contributed by atoms with Gasteiger partial charge in [0, 0.05) is 0 Å². The molecule has 1 aromatic carbocycles. The quantitative estimate of drug-likeness (QED) is 0.654. The maximum atomic E-state index is 11.4. The number of hydrogen-bond donors (Lipinski definition) is 2. The number of carbonyl (C=O) groups is 2. The number of nitrogens with one attached hydrogen (secondary N) is 1. The van der Waals surface area contributed by atoms with Crippen molar-refractivity contribution in [2.45, 2.75) is 4.90 Å². The first kappa shape index (κ1) is 9.66. The molecule has 0 saturated carbocycles. The van der Waals surface area contributed by atoms with Gasteiger partial charge in [0.05, 0.1) is 11.1 Å². The molecule has 0 radical (unpaired) electrons. The van der Waals surface area contributed by atoms with E-state index in [1.54, 1.807) is 4.72 Å². The van der Waals surface area contributed by atoms with Crippen LogP contribution in [-0.2, 0) is 10.0 Å². The molecule has 0 spiro atoms. The molecule has 0 bridgehead atoms. The smallest absolute Gasteiger partial charge is 0.267 e. The van der Waals surface area contributed by atoms with E-state index in [-0.39, 0.29) is 16.0 Å². The van der Waals surface area contributed by atoms with E-state index in [0.717, 1.165) is 0 Å². The lowest BCUT2D eigenvalue weighted by Gasteiger charge is -1.99. The molecule has 1 aromatic rings. The SMILES string of the molecule is NC(=O)c1cccc2c1C(=O)NS2(=O)=O. The van der Waals surface area contributed by atoms with Gasteiger partial charge >= 0.3 is 0 Å². The fourth-order valence-electron chi connectivity index (χ4n) is 1.42. The van der Waals surface area contributed by atoms with Crippen molar-refractivity contribution >= 4 is 21.8 Å². The van der Waals surface area contributed by atoms with E-state index < -0.39 is 21.8 Å². The molecule has 0 aliphatic carbocycles. The second kappa shape index (κ2) is 2.80. The minimum atomic E-state index is -3.82. The first-order chi connectivity index (χ1) is 6.93. The number of primary amides is 1. The van der Waals surface area contributed by atoms with Crippen LogP contribution in [-0.4, -0.2) is 20.2 Å². The molecule has 1 aliphatic rings. The van der Waals surface area contributed by atoms with Crippen LogP contribution in [0.1, 0.15) is 20.7 Å². The van der Waals surface area contributed by atoms with Crippen LogP contribution in [0, 0.1) is 0 Å². The molecule has 0 aromatic heterocycles. The van der Waals surface area contributed by atoms with E-state index >= 15 is 0 Å². The number of nitrogens with two attached hydrogens (primary N) is 1. The van der Waals surface area contributed by atoms with Gasteiger partial charge in [-0.15, -0.1) is 0 Å². The number of sulfonamides is 1. The van der Waals surface area contributed by atoms with E-state index in [1.807, 2.05) is 0 Å². The summed E-state index contributed by atoms with van der Waals surface area (Å²) >= 11 is 0. The van der Waals surface area contributed by atoms with Gasteiger partial charge in [0.25, 0.3) is 15.9 Å². The molecule has 15 heavy (non-hydrogen) atoms. The average Bonchev–Trinajstić information content (AvgIpc) is 2.37. The van der Waals surface area contributed by atoms with Gasteiger partial charge in [-0.2, -0.15) is 0 Å². The Morgan fingerprint density at radius 2 is 2.00 bits per heavy atom. The predicted octanol–water partition coefficient (Wildman–Crippen LogP) is -0.782. The third kappa shape index (κ3) is 1.28. The summed E-state index contributed by atoms with van der Waals surface area (Å²) in [5.74, 6) is -1.65. The maximum absolute atomic E-state index is 11.4. The van der Waals surface area contributed by atoms with Crippen molar-refractivity contribution in [3.05, 3.63) is 29.3 Å². The standard InChI is InChI=1S/C8H6N2O4S/c9-7(11)4-2-1-3-5-6(4)8(12)10-15(5,13)14/h1-3H,(H2,9,11)(H,10,12). The summed E-state index contributed by atoms with van der Waals surface area (Å²) in [7, 11) is -3.82. The van der Waals surface area contributed by atoms with Gasteiger partial charge < -0.3 is 5.73 Å². The number of hydrogen-bond acceptors (Lipinski definition) is 4. The number of fused-ring (bicyclic) bond motifs is 1. The number of benzene rings is 1. The molecular weight excluding hydrogens is 220 g/mol. The van der Waals surface area contributed by atoms with E-state index in [2.05, 4.69) is 0 Å². The topological polar surface area (TPSA) is 106 Å². The van der Waals surface area contributed by atoms with Crippen molar-refractivity contribution in [3.63, 3.8) is 0 Å². The molecule has 7 heteroatoms. The van der Waals surface area contributed by atoms with Gasteiger partial charge in [-0.25, -0.2) is 13.1 Å². The van der Waals surface area contributed by atoms with Crippen molar-refractivity contribution in [1.82, 2.24) is 4.72 Å². The Morgan fingerprint density at radius 1 is 1.33 bits per heavy atom. The Hall–Kier alpha value is -1.89. The third-order valence-electron chi connectivity index (χ3n) is 2.04. The summed E-state index contributed by atoms with van der Waals surface area (Å²) in [6.07, 6.45) is 0. The highest BCUT2D eigenvalue weighted by Gasteiger charge is 2.35. The lowest BCUT2D eigenvalue weighted by molar-refractivity contribution is 0.0958.